The summed E-state index contributed by atoms with van der Waals surface area (Å²) in [6.07, 6.45) is -0.00192. The second-order valence-corrected chi connectivity index (χ2v) is 11.8. The molecule has 0 aliphatic carbocycles. The summed E-state index contributed by atoms with van der Waals surface area (Å²) in [6.45, 7) is 0.847. The van der Waals surface area contributed by atoms with E-state index in [1.54, 1.807) is 12.1 Å². The first-order chi connectivity index (χ1) is 18.1. The molecule has 1 heterocycles. The van der Waals surface area contributed by atoms with E-state index in [0.717, 1.165) is 4.31 Å². The summed E-state index contributed by atoms with van der Waals surface area (Å²) in [7, 11) is 1.37. The van der Waals surface area contributed by atoms with Crippen LogP contribution in [-0.2, 0) is 10.0 Å². The second kappa shape index (κ2) is 13.0. The molecular weight excluding hydrogens is 548 g/mol. The van der Waals surface area contributed by atoms with Gasteiger partial charge in [-0.05, 0) is 50.5 Å². The number of rotatable bonds is 12. The Hall–Kier alpha value is -3.26. The largest absolute Gasteiger partial charge is 0.494 e. The Labute approximate surface area is 231 Å². The Morgan fingerprint density at radius 3 is 2.21 bits per heavy atom. The Bertz CT molecular complexity index is 1460. The number of anilines is 1. The van der Waals surface area contributed by atoms with E-state index in [9.17, 15) is 13.2 Å². The minimum absolute atomic E-state index is 0.000960. The molecule has 38 heavy (non-hydrogen) atoms. The molecule has 1 amide bonds. The SMILES string of the molecule is COc1ccc(Cl)c2sc(N(CCN(C)C)C(=O)c3ccc(S(=O)(=O)N(CCC#N)CCC#N)cc3)nc12. The van der Waals surface area contributed by atoms with Crippen molar-refractivity contribution in [2.45, 2.75) is 17.7 Å². The lowest BCUT2D eigenvalue weighted by Crippen LogP contribution is -2.37. The smallest absolute Gasteiger partial charge is 0.260 e. The number of nitrogens with zero attached hydrogens (tertiary/aromatic N) is 6. The molecule has 13 heteroatoms. The van der Waals surface area contributed by atoms with Crippen LogP contribution in [0.25, 0.3) is 10.2 Å². The Morgan fingerprint density at radius 1 is 1.03 bits per heavy atom. The molecule has 3 aromatic rings. The van der Waals surface area contributed by atoms with Gasteiger partial charge in [0.15, 0.2) is 5.13 Å². The monoisotopic (exact) mass is 574 g/mol. The zero-order valence-electron chi connectivity index (χ0n) is 21.2. The number of likely N-dealkylation sites (N-methyl/N-ethyl adjacent to an activating group) is 1. The van der Waals surface area contributed by atoms with Gasteiger partial charge in [-0.25, -0.2) is 13.4 Å². The topological polar surface area (TPSA) is 131 Å². The number of carbonyl (C=O) groups is 1. The summed E-state index contributed by atoms with van der Waals surface area (Å²) < 4.78 is 33.5. The molecule has 0 radical (unpaired) electrons. The van der Waals surface area contributed by atoms with Crippen molar-refractivity contribution in [3.05, 3.63) is 47.0 Å². The van der Waals surface area contributed by atoms with Crippen molar-refractivity contribution in [1.82, 2.24) is 14.2 Å². The van der Waals surface area contributed by atoms with Crippen LogP contribution < -0.4 is 9.64 Å². The van der Waals surface area contributed by atoms with Crippen molar-refractivity contribution in [3.63, 3.8) is 0 Å². The molecule has 0 fully saturated rings. The van der Waals surface area contributed by atoms with Crippen molar-refractivity contribution in [3.8, 4) is 17.9 Å². The summed E-state index contributed by atoms with van der Waals surface area (Å²) in [5, 5.41) is 18.7. The van der Waals surface area contributed by atoms with Gasteiger partial charge in [0.2, 0.25) is 10.0 Å². The molecule has 0 N–H and O–H groups in total. The molecule has 3 rings (SSSR count). The van der Waals surface area contributed by atoms with Gasteiger partial charge in [0.25, 0.3) is 5.91 Å². The van der Waals surface area contributed by atoms with Crippen LogP contribution >= 0.6 is 22.9 Å². The first-order valence-electron chi connectivity index (χ1n) is 11.6. The van der Waals surface area contributed by atoms with Gasteiger partial charge in [-0.15, -0.1) is 0 Å². The van der Waals surface area contributed by atoms with Crippen LogP contribution in [0.1, 0.15) is 23.2 Å². The number of aromatic nitrogens is 1. The maximum atomic E-state index is 13.6. The van der Waals surface area contributed by atoms with Crippen molar-refractivity contribution < 1.29 is 17.9 Å². The second-order valence-electron chi connectivity index (χ2n) is 8.43. The Balaban J connectivity index is 1.96. The van der Waals surface area contributed by atoms with Gasteiger partial charge >= 0.3 is 0 Å². The number of halogens is 1. The van der Waals surface area contributed by atoms with Gasteiger partial charge in [0.05, 0.1) is 33.9 Å². The standard InChI is InChI=1S/C25H27ClN6O4S2/c1-30(2)16-17-32(25-29-22-21(36-3)11-10-20(26)23(22)37-25)24(33)18-6-8-19(9-7-18)38(34,35)31(14-4-12-27)15-5-13-28/h6-11H,4-5,14-17H2,1-3H3. The Morgan fingerprint density at radius 2 is 1.66 bits per heavy atom. The average Bonchev–Trinajstić information content (AvgIpc) is 3.35. The third-order valence-electron chi connectivity index (χ3n) is 5.60. The number of hydrogen-bond acceptors (Lipinski definition) is 9. The number of benzene rings is 2. The number of nitriles is 2. The van der Waals surface area contributed by atoms with Crippen LogP contribution in [0, 0.1) is 22.7 Å². The number of hydrogen-bond donors (Lipinski definition) is 0. The normalized spacial score (nSPS) is 11.5. The molecule has 0 spiro atoms. The van der Waals surface area contributed by atoms with Crippen molar-refractivity contribution >= 4 is 54.2 Å². The summed E-state index contributed by atoms with van der Waals surface area (Å²) >= 11 is 7.65. The lowest BCUT2D eigenvalue weighted by atomic mass is 10.2. The maximum Gasteiger partial charge on any atom is 0.260 e. The van der Waals surface area contributed by atoms with Crippen molar-refractivity contribution in [1.29, 1.82) is 10.5 Å². The molecule has 0 bridgehead atoms. The molecule has 0 unspecified atom stereocenters. The zero-order valence-corrected chi connectivity index (χ0v) is 23.6. The lowest BCUT2D eigenvalue weighted by molar-refractivity contribution is 0.0985. The first-order valence-corrected chi connectivity index (χ1v) is 14.2. The average molecular weight is 575 g/mol. The molecule has 10 nitrogen and oxygen atoms in total. The fourth-order valence-electron chi connectivity index (χ4n) is 3.58. The van der Waals surface area contributed by atoms with E-state index >= 15 is 0 Å². The molecule has 0 aliphatic heterocycles. The van der Waals surface area contributed by atoms with Gasteiger partial charge in [-0.1, -0.05) is 22.9 Å². The lowest BCUT2D eigenvalue weighted by Gasteiger charge is -2.22. The van der Waals surface area contributed by atoms with Crippen LogP contribution in [-0.4, -0.2) is 75.9 Å². The van der Waals surface area contributed by atoms with Crippen LogP contribution in [0.3, 0.4) is 0 Å². The van der Waals surface area contributed by atoms with Crippen LogP contribution in [0.4, 0.5) is 5.13 Å². The van der Waals surface area contributed by atoms with Gasteiger partial charge in [0, 0.05) is 44.6 Å². The number of amides is 1. The predicted molar refractivity (Wildman–Crippen MR) is 147 cm³/mol. The van der Waals surface area contributed by atoms with E-state index < -0.39 is 10.0 Å². The third-order valence-corrected chi connectivity index (χ3v) is 9.05. The number of carbonyl (C=O) groups excluding carboxylic acids is 1. The maximum absolute atomic E-state index is 13.6. The van der Waals surface area contributed by atoms with Crippen LogP contribution in [0.5, 0.6) is 5.75 Å². The van der Waals surface area contributed by atoms with Gasteiger partial charge in [0.1, 0.15) is 11.3 Å². The van der Waals surface area contributed by atoms with Crippen LogP contribution in [0.2, 0.25) is 5.02 Å². The molecule has 0 aliphatic rings. The fourth-order valence-corrected chi connectivity index (χ4v) is 6.30. The van der Waals surface area contributed by atoms with E-state index in [4.69, 9.17) is 26.9 Å². The molecule has 200 valence electrons. The zero-order chi connectivity index (χ0) is 27.9. The molecule has 2 aromatic carbocycles. The van der Waals surface area contributed by atoms with E-state index in [0.29, 0.717) is 39.2 Å². The molecule has 1 aromatic heterocycles. The van der Waals surface area contributed by atoms with Crippen LogP contribution in [0.15, 0.2) is 41.3 Å². The van der Waals surface area contributed by atoms with E-state index in [1.807, 2.05) is 31.1 Å². The highest BCUT2D eigenvalue weighted by Gasteiger charge is 2.26. The highest BCUT2D eigenvalue weighted by atomic mass is 35.5. The van der Waals surface area contributed by atoms with Gasteiger partial charge < -0.3 is 9.64 Å². The molecule has 0 saturated heterocycles. The molecule has 0 atom stereocenters. The minimum atomic E-state index is -3.95. The van der Waals surface area contributed by atoms with Gasteiger partial charge in [-0.3, -0.25) is 9.69 Å². The first kappa shape index (κ1) is 29.3. The quantitative estimate of drug-likeness (QED) is 0.317. The summed E-state index contributed by atoms with van der Waals surface area (Å²) in [6, 6.07) is 12.9. The number of methoxy groups -OCH3 is 1. The third kappa shape index (κ3) is 6.59. The number of ether oxygens (including phenoxy) is 1. The molecular formula is C25H27ClN6O4S2. The van der Waals surface area contributed by atoms with E-state index in [1.165, 1.54) is 47.6 Å². The summed E-state index contributed by atoms with van der Waals surface area (Å²) in [5.74, 6) is 0.189. The minimum Gasteiger partial charge on any atom is -0.494 e. The van der Waals surface area contributed by atoms with E-state index in [2.05, 4.69) is 4.98 Å². The Kier molecular flexibility index (Phi) is 10.0. The number of fused-ring (bicyclic) bond motifs is 1. The van der Waals surface area contributed by atoms with Gasteiger partial charge in [-0.2, -0.15) is 14.8 Å². The predicted octanol–water partition coefficient (Wildman–Crippen LogP) is 3.98. The summed E-state index contributed by atoms with van der Waals surface area (Å²) in [5.41, 5.74) is 0.833. The highest BCUT2D eigenvalue weighted by molar-refractivity contribution is 7.89. The van der Waals surface area contributed by atoms with Crippen molar-refractivity contribution in [2.75, 3.05) is 52.3 Å². The van der Waals surface area contributed by atoms with Crippen molar-refractivity contribution in [2.24, 2.45) is 0 Å². The highest BCUT2D eigenvalue weighted by Crippen LogP contribution is 2.39. The number of thiazole rings is 1. The summed E-state index contributed by atoms with van der Waals surface area (Å²) in [4.78, 5) is 21.7. The molecule has 0 saturated carbocycles. The number of sulfonamides is 1. The fraction of sp³-hybridized carbons (Fsp3) is 0.360. The van der Waals surface area contributed by atoms with E-state index in [-0.39, 0.29) is 42.3 Å².